The molecule has 0 spiro atoms. The average molecular weight is 294 g/mol. The molecule has 0 saturated carbocycles. The summed E-state index contributed by atoms with van der Waals surface area (Å²) in [5.41, 5.74) is 0.965. The molecule has 0 fully saturated rings. The van der Waals surface area contributed by atoms with E-state index < -0.39 is 16.0 Å². The molecule has 0 aliphatic carbocycles. The number of aryl methyl sites for hydroxylation is 1. The van der Waals surface area contributed by atoms with Crippen molar-refractivity contribution < 1.29 is 17.9 Å². The molecular formula is C13H14N2O4S. The maximum Gasteiger partial charge on any atom is 0.312 e. The molecule has 0 saturated heterocycles. The van der Waals surface area contributed by atoms with Crippen LogP contribution in [0.5, 0.6) is 5.88 Å². The highest BCUT2D eigenvalue weighted by molar-refractivity contribution is 7.90. The average Bonchev–Trinajstić information content (AvgIpc) is 2.88. The van der Waals surface area contributed by atoms with Crippen LogP contribution < -0.4 is 4.74 Å². The van der Waals surface area contributed by atoms with Gasteiger partial charge in [0.1, 0.15) is 6.33 Å². The minimum atomic E-state index is -3.71. The molecule has 106 valence electrons. The number of imidazole rings is 1. The summed E-state index contributed by atoms with van der Waals surface area (Å²) >= 11 is 0. The number of esters is 1. The first kappa shape index (κ1) is 14.3. The number of carbonyl (C=O) groups excluding carboxylic acids is 1. The van der Waals surface area contributed by atoms with Crippen molar-refractivity contribution in [2.75, 3.05) is 0 Å². The van der Waals surface area contributed by atoms with Crippen LogP contribution in [-0.4, -0.2) is 23.3 Å². The second kappa shape index (κ2) is 5.46. The zero-order valence-electron chi connectivity index (χ0n) is 11.1. The molecule has 7 heteroatoms. The molecule has 0 amide bonds. The van der Waals surface area contributed by atoms with E-state index >= 15 is 0 Å². The van der Waals surface area contributed by atoms with Gasteiger partial charge >= 0.3 is 5.97 Å². The molecule has 1 heterocycles. The van der Waals surface area contributed by atoms with Crippen LogP contribution in [0.25, 0.3) is 0 Å². The summed E-state index contributed by atoms with van der Waals surface area (Å²) in [4.78, 5) is 15.0. The molecule has 0 aliphatic rings. The van der Waals surface area contributed by atoms with E-state index in [4.69, 9.17) is 4.74 Å². The lowest BCUT2D eigenvalue weighted by Crippen LogP contribution is -2.11. The third-order valence-electron chi connectivity index (χ3n) is 2.64. The molecule has 0 atom stereocenters. The largest absolute Gasteiger partial charge is 0.406 e. The van der Waals surface area contributed by atoms with E-state index in [2.05, 4.69) is 4.98 Å². The Bertz CT molecular complexity index is 717. The quantitative estimate of drug-likeness (QED) is 0.803. The van der Waals surface area contributed by atoms with Crippen molar-refractivity contribution in [3.05, 3.63) is 42.4 Å². The molecule has 1 aromatic carbocycles. The van der Waals surface area contributed by atoms with Gasteiger partial charge < -0.3 is 4.74 Å². The highest BCUT2D eigenvalue weighted by Crippen LogP contribution is 2.17. The topological polar surface area (TPSA) is 78.3 Å². The molecule has 20 heavy (non-hydrogen) atoms. The molecular weight excluding hydrogens is 280 g/mol. The van der Waals surface area contributed by atoms with Crippen molar-refractivity contribution in [2.45, 2.75) is 25.2 Å². The van der Waals surface area contributed by atoms with Crippen LogP contribution >= 0.6 is 0 Å². The summed E-state index contributed by atoms with van der Waals surface area (Å²) in [7, 11) is -3.71. The van der Waals surface area contributed by atoms with Gasteiger partial charge in [0.05, 0.1) is 11.1 Å². The Morgan fingerprint density at radius 2 is 1.95 bits per heavy atom. The lowest BCUT2D eigenvalue weighted by atomic mass is 10.2. The van der Waals surface area contributed by atoms with Gasteiger partial charge in [0.25, 0.3) is 10.0 Å². The Labute approximate surface area is 117 Å². The van der Waals surface area contributed by atoms with Crippen molar-refractivity contribution in [2.24, 2.45) is 0 Å². The Morgan fingerprint density at radius 3 is 2.55 bits per heavy atom. The summed E-state index contributed by atoms with van der Waals surface area (Å²) in [5.74, 6) is -0.504. The molecule has 0 aliphatic heterocycles. The van der Waals surface area contributed by atoms with Crippen molar-refractivity contribution in [1.82, 2.24) is 8.96 Å². The number of hydrogen-bond acceptors (Lipinski definition) is 5. The van der Waals surface area contributed by atoms with Gasteiger partial charge in [-0.2, -0.15) is 0 Å². The lowest BCUT2D eigenvalue weighted by Gasteiger charge is -2.04. The summed E-state index contributed by atoms with van der Waals surface area (Å²) in [6.45, 7) is 3.51. The van der Waals surface area contributed by atoms with Crippen LogP contribution in [0.15, 0.2) is 41.7 Å². The normalized spacial score (nSPS) is 11.3. The molecule has 0 N–H and O–H groups in total. The van der Waals surface area contributed by atoms with Gasteiger partial charge in [-0.15, -0.1) is 0 Å². The first-order chi connectivity index (χ1) is 9.43. The SMILES string of the molecule is CCC(=O)Oc1cn(S(=O)(=O)c2ccc(C)cc2)cn1. The van der Waals surface area contributed by atoms with Gasteiger partial charge in [0.15, 0.2) is 0 Å². The van der Waals surface area contributed by atoms with E-state index in [0.29, 0.717) is 0 Å². The van der Waals surface area contributed by atoms with Crippen molar-refractivity contribution in [3.63, 3.8) is 0 Å². The summed E-state index contributed by atoms with van der Waals surface area (Å²) < 4.78 is 30.4. The zero-order valence-corrected chi connectivity index (χ0v) is 11.9. The van der Waals surface area contributed by atoms with Gasteiger partial charge in [0.2, 0.25) is 5.88 Å². The summed E-state index contributed by atoms with van der Waals surface area (Å²) in [6.07, 6.45) is 2.47. The molecule has 0 unspecified atom stereocenters. The molecule has 1 aromatic heterocycles. The fourth-order valence-corrected chi connectivity index (χ4v) is 2.62. The maximum absolute atomic E-state index is 12.3. The van der Waals surface area contributed by atoms with Crippen LogP contribution in [0.3, 0.4) is 0 Å². The predicted molar refractivity (Wildman–Crippen MR) is 71.9 cm³/mol. The Kier molecular flexibility index (Phi) is 3.89. The smallest absolute Gasteiger partial charge is 0.312 e. The van der Waals surface area contributed by atoms with E-state index in [1.807, 2.05) is 6.92 Å². The number of rotatable bonds is 4. The third-order valence-corrected chi connectivity index (χ3v) is 4.26. The van der Waals surface area contributed by atoms with Crippen molar-refractivity contribution >= 4 is 16.0 Å². The van der Waals surface area contributed by atoms with E-state index in [-0.39, 0.29) is 17.2 Å². The summed E-state index contributed by atoms with van der Waals surface area (Å²) in [5, 5.41) is 0. The molecule has 2 rings (SSSR count). The molecule has 2 aromatic rings. The standard InChI is InChI=1S/C13H14N2O4S/c1-3-13(16)19-12-8-15(9-14-12)20(17,18)11-6-4-10(2)5-7-11/h4-9H,3H2,1-2H3. The fourth-order valence-electron chi connectivity index (χ4n) is 1.49. The van der Waals surface area contributed by atoms with Gasteiger partial charge in [-0.05, 0) is 19.1 Å². The number of ether oxygens (including phenoxy) is 1. The van der Waals surface area contributed by atoms with Crippen LogP contribution in [0, 0.1) is 6.92 Å². The molecule has 0 bridgehead atoms. The highest BCUT2D eigenvalue weighted by atomic mass is 32.2. The van der Waals surface area contributed by atoms with Gasteiger partial charge in [-0.1, -0.05) is 24.6 Å². The monoisotopic (exact) mass is 294 g/mol. The number of benzene rings is 1. The fraction of sp³-hybridized carbons (Fsp3) is 0.231. The van der Waals surface area contributed by atoms with Crippen LogP contribution in [0.1, 0.15) is 18.9 Å². The van der Waals surface area contributed by atoms with Gasteiger partial charge in [-0.25, -0.2) is 17.4 Å². The van der Waals surface area contributed by atoms with E-state index in [9.17, 15) is 13.2 Å². The minimum Gasteiger partial charge on any atom is -0.406 e. The van der Waals surface area contributed by atoms with Crippen molar-refractivity contribution in [1.29, 1.82) is 0 Å². The third kappa shape index (κ3) is 2.88. The summed E-state index contributed by atoms with van der Waals surface area (Å²) in [6, 6.07) is 6.45. The highest BCUT2D eigenvalue weighted by Gasteiger charge is 2.18. The maximum atomic E-state index is 12.3. The van der Waals surface area contributed by atoms with E-state index in [1.54, 1.807) is 19.1 Å². The van der Waals surface area contributed by atoms with Crippen LogP contribution in [0.2, 0.25) is 0 Å². The minimum absolute atomic E-state index is 0.0347. The number of carbonyl (C=O) groups is 1. The number of hydrogen-bond donors (Lipinski definition) is 0. The zero-order chi connectivity index (χ0) is 14.8. The number of nitrogens with zero attached hydrogens (tertiary/aromatic N) is 2. The van der Waals surface area contributed by atoms with Crippen molar-refractivity contribution in [3.8, 4) is 5.88 Å². The molecule has 0 radical (unpaired) electrons. The first-order valence-corrected chi connectivity index (χ1v) is 7.44. The second-order valence-electron chi connectivity index (χ2n) is 4.19. The van der Waals surface area contributed by atoms with Gasteiger partial charge in [-0.3, -0.25) is 4.79 Å². The Morgan fingerprint density at radius 1 is 1.30 bits per heavy atom. The molecule has 6 nitrogen and oxygen atoms in total. The Balaban J connectivity index is 2.31. The van der Waals surface area contributed by atoms with Crippen LogP contribution in [-0.2, 0) is 14.8 Å². The Hall–Kier alpha value is -2.15. The van der Waals surface area contributed by atoms with Crippen LogP contribution in [0.4, 0.5) is 0 Å². The predicted octanol–water partition coefficient (Wildman–Crippen LogP) is 1.74. The van der Waals surface area contributed by atoms with Gasteiger partial charge in [0, 0.05) is 6.42 Å². The lowest BCUT2D eigenvalue weighted by molar-refractivity contribution is -0.134. The van der Waals surface area contributed by atoms with E-state index in [0.717, 1.165) is 15.9 Å². The first-order valence-electron chi connectivity index (χ1n) is 6.00. The second-order valence-corrected chi connectivity index (χ2v) is 6.03. The van der Waals surface area contributed by atoms with E-state index in [1.165, 1.54) is 18.3 Å². The number of aromatic nitrogens is 2.